The van der Waals surface area contributed by atoms with Gasteiger partial charge in [0.05, 0.1) is 0 Å². The van der Waals surface area contributed by atoms with Crippen molar-refractivity contribution in [1.82, 2.24) is 10.2 Å². The molecule has 3 aromatic carbocycles. The summed E-state index contributed by atoms with van der Waals surface area (Å²) in [5, 5.41) is 3.64. The van der Waals surface area contributed by atoms with Crippen molar-refractivity contribution in [2.24, 2.45) is 5.92 Å². The summed E-state index contributed by atoms with van der Waals surface area (Å²) in [7, 11) is 0. The first-order valence-electron chi connectivity index (χ1n) is 12.1. The number of carbonyl (C=O) groups is 2. The maximum Gasteiger partial charge on any atom is 0.243 e. The summed E-state index contributed by atoms with van der Waals surface area (Å²) in [6.07, 6.45) is 0.555. The van der Waals surface area contributed by atoms with E-state index in [4.69, 9.17) is 11.6 Å². The van der Waals surface area contributed by atoms with Crippen LogP contribution in [-0.4, -0.2) is 35.1 Å². The van der Waals surface area contributed by atoms with E-state index in [9.17, 15) is 14.0 Å². The predicted octanol–water partition coefficient (Wildman–Crippen LogP) is 6.37. The number of hydrogen-bond donors (Lipinski definition) is 1. The first-order valence-corrected chi connectivity index (χ1v) is 13.4. The van der Waals surface area contributed by atoms with E-state index in [1.807, 2.05) is 68.4 Å². The van der Waals surface area contributed by atoms with Crippen molar-refractivity contribution in [3.8, 4) is 0 Å². The molecule has 0 spiro atoms. The molecule has 3 rings (SSSR count). The summed E-state index contributed by atoms with van der Waals surface area (Å²) in [5.74, 6) is -0.0347. The van der Waals surface area contributed by atoms with Gasteiger partial charge in [-0.25, -0.2) is 4.39 Å². The fourth-order valence-electron chi connectivity index (χ4n) is 3.72. The second kappa shape index (κ2) is 14.0. The molecule has 0 aliphatic heterocycles. The van der Waals surface area contributed by atoms with Crippen LogP contribution in [0.4, 0.5) is 4.39 Å². The Kier molecular flexibility index (Phi) is 10.8. The molecular formula is C29H32ClFN2O2S. The number of halogens is 2. The molecule has 3 aromatic rings. The first-order chi connectivity index (χ1) is 17.3. The van der Waals surface area contributed by atoms with Gasteiger partial charge in [0.1, 0.15) is 11.9 Å². The number of hydrogen-bond acceptors (Lipinski definition) is 3. The van der Waals surface area contributed by atoms with Crippen LogP contribution in [0.2, 0.25) is 5.02 Å². The van der Waals surface area contributed by atoms with Gasteiger partial charge in [-0.15, -0.1) is 11.8 Å². The van der Waals surface area contributed by atoms with Crippen LogP contribution in [0.25, 0.3) is 0 Å². The highest BCUT2D eigenvalue weighted by molar-refractivity contribution is 7.99. The number of benzene rings is 3. The molecular weight excluding hydrogens is 495 g/mol. The molecule has 36 heavy (non-hydrogen) atoms. The van der Waals surface area contributed by atoms with Crippen LogP contribution in [0, 0.1) is 11.7 Å². The lowest BCUT2D eigenvalue weighted by Gasteiger charge is -2.32. The Bertz CT molecular complexity index is 1130. The normalized spacial score (nSPS) is 11.8. The van der Waals surface area contributed by atoms with Crippen molar-refractivity contribution in [2.45, 2.75) is 44.2 Å². The van der Waals surface area contributed by atoms with E-state index in [-0.39, 0.29) is 30.7 Å². The molecule has 0 saturated carbocycles. The van der Waals surface area contributed by atoms with Crippen molar-refractivity contribution in [1.29, 1.82) is 0 Å². The highest BCUT2D eigenvalue weighted by Gasteiger charge is 2.30. The molecule has 0 aliphatic rings. The Morgan fingerprint density at radius 3 is 2.31 bits per heavy atom. The van der Waals surface area contributed by atoms with Gasteiger partial charge in [-0.2, -0.15) is 0 Å². The Labute approximate surface area is 222 Å². The number of amides is 2. The van der Waals surface area contributed by atoms with Crippen LogP contribution in [0.3, 0.4) is 0 Å². The Morgan fingerprint density at radius 2 is 1.64 bits per heavy atom. The lowest BCUT2D eigenvalue weighted by Crippen LogP contribution is -2.51. The molecule has 190 valence electrons. The fourth-order valence-corrected chi connectivity index (χ4v) is 4.68. The van der Waals surface area contributed by atoms with Crippen LogP contribution in [-0.2, 0) is 22.6 Å². The lowest BCUT2D eigenvalue weighted by molar-refractivity contribution is -0.141. The topological polar surface area (TPSA) is 49.4 Å². The highest BCUT2D eigenvalue weighted by Crippen LogP contribution is 2.23. The zero-order valence-electron chi connectivity index (χ0n) is 20.6. The van der Waals surface area contributed by atoms with Gasteiger partial charge in [0.15, 0.2) is 0 Å². The van der Waals surface area contributed by atoms with Gasteiger partial charge < -0.3 is 10.2 Å². The first kappa shape index (κ1) is 27.8. The number of nitrogens with zero attached hydrogens (tertiary/aromatic N) is 1. The van der Waals surface area contributed by atoms with Gasteiger partial charge in [0, 0.05) is 47.2 Å². The van der Waals surface area contributed by atoms with E-state index in [1.165, 1.54) is 11.0 Å². The zero-order valence-corrected chi connectivity index (χ0v) is 22.2. The Balaban J connectivity index is 1.84. The molecule has 0 bridgehead atoms. The molecule has 4 nitrogen and oxygen atoms in total. The van der Waals surface area contributed by atoms with E-state index in [0.717, 1.165) is 10.5 Å². The van der Waals surface area contributed by atoms with Gasteiger partial charge >= 0.3 is 0 Å². The minimum Gasteiger partial charge on any atom is -0.354 e. The predicted molar refractivity (Wildman–Crippen MR) is 146 cm³/mol. The molecule has 7 heteroatoms. The smallest absolute Gasteiger partial charge is 0.243 e. The number of nitrogens with one attached hydrogen (secondary N) is 1. The Hall–Kier alpha value is -2.83. The minimum atomic E-state index is -0.765. The maximum atomic E-state index is 14.6. The van der Waals surface area contributed by atoms with E-state index in [2.05, 4.69) is 5.32 Å². The molecule has 2 amide bonds. The second-order valence-electron chi connectivity index (χ2n) is 9.01. The molecule has 0 heterocycles. The van der Waals surface area contributed by atoms with Gasteiger partial charge in [-0.3, -0.25) is 9.59 Å². The van der Waals surface area contributed by atoms with Crippen molar-refractivity contribution >= 4 is 35.2 Å². The summed E-state index contributed by atoms with van der Waals surface area (Å²) in [4.78, 5) is 29.5. The maximum absolute atomic E-state index is 14.6. The Morgan fingerprint density at radius 1 is 0.972 bits per heavy atom. The van der Waals surface area contributed by atoms with Crippen molar-refractivity contribution in [3.63, 3.8) is 0 Å². The largest absolute Gasteiger partial charge is 0.354 e. The van der Waals surface area contributed by atoms with E-state index in [1.54, 1.807) is 30.0 Å². The molecule has 1 unspecified atom stereocenters. The van der Waals surface area contributed by atoms with Crippen molar-refractivity contribution in [3.05, 3.63) is 101 Å². The monoisotopic (exact) mass is 526 g/mol. The van der Waals surface area contributed by atoms with Gasteiger partial charge in [-0.1, -0.05) is 74.0 Å². The summed E-state index contributed by atoms with van der Waals surface area (Å²) >= 11 is 7.51. The van der Waals surface area contributed by atoms with Gasteiger partial charge in [-0.05, 0) is 41.8 Å². The highest BCUT2D eigenvalue weighted by atomic mass is 35.5. The van der Waals surface area contributed by atoms with Crippen molar-refractivity contribution < 1.29 is 14.0 Å². The quantitative estimate of drug-likeness (QED) is 0.279. The van der Waals surface area contributed by atoms with E-state index in [0.29, 0.717) is 29.3 Å². The molecule has 0 fully saturated rings. The standard InChI is InChI=1S/C29H32ClFN2O2S/c1-21(2)19-32-29(35)27(18-22-8-4-3-5-9-22)33(20-23-10-6-7-11-26(23)31)28(34)16-17-36-25-14-12-24(30)13-15-25/h3-15,21,27H,16-20H2,1-2H3,(H,32,35). The van der Waals surface area contributed by atoms with Crippen LogP contribution < -0.4 is 5.32 Å². The van der Waals surface area contributed by atoms with Crippen LogP contribution >= 0.6 is 23.4 Å². The SMILES string of the molecule is CC(C)CNC(=O)C(Cc1ccccc1)N(Cc1ccccc1F)C(=O)CCSc1ccc(Cl)cc1. The zero-order chi connectivity index (χ0) is 25.9. The molecule has 0 aromatic heterocycles. The third kappa shape index (κ3) is 8.68. The molecule has 0 saturated heterocycles. The van der Waals surface area contributed by atoms with Gasteiger partial charge in [0.2, 0.25) is 11.8 Å². The summed E-state index contributed by atoms with van der Waals surface area (Å²) in [5.41, 5.74) is 1.31. The fraction of sp³-hybridized carbons (Fsp3) is 0.310. The van der Waals surface area contributed by atoms with Crippen LogP contribution in [0.15, 0.2) is 83.8 Å². The molecule has 0 aliphatic carbocycles. The average molecular weight is 527 g/mol. The van der Waals surface area contributed by atoms with E-state index < -0.39 is 11.9 Å². The van der Waals surface area contributed by atoms with Crippen LogP contribution in [0.5, 0.6) is 0 Å². The third-order valence-corrected chi connectivity index (χ3v) is 6.92. The van der Waals surface area contributed by atoms with Gasteiger partial charge in [0.25, 0.3) is 0 Å². The second-order valence-corrected chi connectivity index (χ2v) is 10.6. The number of rotatable bonds is 12. The summed E-state index contributed by atoms with van der Waals surface area (Å²) in [6, 6.07) is 22.7. The average Bonchev–Trinajstić information content (AvgIpc) is 2.87. The summed E-state index contributed by atoms with van der Waals surface area (Å²) in [6.45, 7) is 4.55. The molecule has 1 N–H and O–H groups in total. The lowest BCUT2D eigenvalue weighted by atomic mass is 10.0. The number of thioether (sulfide) groups is 1. The summed E-state index contributed by atoms with van der Waals surface area (Å²) < 4.78 is 14.6. The molecule has 0 radical (unpaired) electrons. The molecule has 1 atom stereocenters. The third-order valence-electron chi connectivity index (χ3n) is 5.65. The minimum absolute atomic E-state index is 0.0176. The number of carbonyl (C=O) groups excluding carboxylic acids is 2. The van der Waals surface area contributed by atoms with Crippen LogP contribution in [0.1, 0.15) is 31.4 Å². The van der Waals surface area contributed by atoms with E-state index >= 15 is 0 Å². The van der Waals surface area contributed by atoms with Crippen molar-refractivity contribution in [2.75, 3.05) is 12.3 Å².